The Kier molecular flexibility index (Phi) is 22.5. The second-order valence-electron chi connectivity index (χ2n) is 8.90. The summed E-state index contributed by atoms with van der Waals surface area (Å²) in [6.07, 6.45) is 13.1. The first kappa shape index (κ1) is 33.4. The Morgan fingerprint density at radius 2 is 1.32 bits per heavy atom. The molecule has 1 aliphatic heterocycles. The lowest BCUT2D eigenvalue weighted by atomic mass is 10.1. The molecular weight excluding hydrogens is 464 g/mol. The second kappa shape index (κ2) is 22.9. The molecule has 0 saturated carbocycles. The number of hydrogen-bond acceptors (Lipinski definition) is 4. The Hall–Kier alpha value is -0.560. The third kappa shape index (κ3) is 17.0. The summed E-state index contributed by atoms with van der Waals surface area (Å²) < 4.78 is 33.8. The quantitative estimate of drug-likeness (QED) is 0.176. The Morgan fingerprint density at radius 3 is 1.91 bits per heavy atom. The van der Waals surface area contributed by atoms with E-state index in [0.717, 1.165) is 54.4 Å². The molecule has 2 atom stereocenters. The lowest BCUT2D eigenvalue weighted by molar-refractivity contribution is 0.174. The van der Waals surface area contributed by atoms with Crippen LogP contribution in [0.25, 0.3) is 0 Å². The second-order valence-corrected chi connectivity index (χ2v) is 12.6. The van der Waals surface area contributed by atoms with Crippen molar-refractivity contribution in [3.8, 4) is 11.5 Å². The SMILES string of the molecule is CCCC.CCCCCCCC[S+]([O-])C(C)Cc1ccc2c(c1)OCO2.CCC[S+]([O-])CCC. The van der Waals surface area contributed by atoms with E-state index in [2.05, 4.69) is 41.5 Å². The minimum atomic E-state index is -0.743. The third-order valence-electron chi connectivity index (χ3n) is 5.47. The van der Waals surface area contributed by atoms with Gasteiger partial charge in [0.2, 0.25) is 6.79 Å². The maximum atomic E-state index is 12.3. The van der Waals surface area contributed by atoms with E-state index in [0.29, 0.717) is 6.79 Å². The molecular formula is C28H52O4S2. The Labute approximate surface area is 217 Å². The lowest BCUT2D eigenvalue weighted by Crippen LogP contribution is -2.23. The van der Waals surface area contributed by atoms with Gasteiger partial charge in [0, 0.05) is 6.42 Å². The van der Waals surface area contributed by atoms with E-state index < -0.39 is 22.4 Å². The molecule has 34 heavy (non-hydrogen) atoms. The number of ether oxygens (including phenoxy) is 2. The third-order valence-corrected chi connectivity index (χ3v) is 8.95. The van der Waals surface area contributed by atoms with Gasteiger partial charge in [0.25, 0.3) is 0 Å². The monoisotopic (exact) mass is 516 g/mol. The zero-order valence-corrected chi connectivity index (χ0v) is 24.5. The average molecular weight is 517 g/mol. The number of unbranched alkanes of at least 4 members (excludes halogenated alkanes) is 6. The molecule has 2 rings (SSSR count). The highest BCUT2D eigenvalue weighted by atomic mass is 32.2. The largest absolute Gasteiger partial charge is 0.616 e. The summed E-state index contributed by atoms with van der Waals surface area (Å²) in [5.41, 5.74) is 1.17. The molecule has 200 valence electrons. The van der Waals surface area contributed by atoms with Crippen molar-refractivity contribution in [3.63, 3.8) is 0 Å². The summed E-state index contributed by atoms with van der Waals surface area (Å²) in [6.45, 7) is 13.1. The van der Waals surface area contributed by atoms with E-state index in [9.17, 15) is 9.11 Å². The Morgan fingerprint density at radius 1 is 0.735 bits per heavy atom. The molecule has 1 aliphatic rings. The maximum Gasteiger partial charge on any atom is 0.231 e. The number of fused-ring (bicyclic) bond motifs is 1. The van der Waals surface area contributed by atoms with Crippen molar-refractivity contribution in [1.82, 2.24) is 0 Å². The molecule has 1 heterocycles. The van der Waals surface area contributed by atoms with Crippen molar-refractivity contribution in [1.29, 1.82) is 0 Å². The van der Waals surface area contributed by atoms with Gasteiger partial charge < -0.3 is 18.6 Å². The molecule has 0 saturated heterocycles. The molecule has 1 aromatic carbocycles. The summed E-state index contributed by atoms with van der Waals surface area (Å²) in [5, 5.41) is 0.191. The van der Waals surface area contributed by atoms with Crippen molar-refractivity contribution in [2.24, 2.45) is 0 Å². The molecule has 0 fully saturated rings. The fraction of sp³-hybridized carbons (Fsp3) is 0.786. The molecule has 2 unspecified atom stereocenters. The van der Waals surface area contributed by atoms with Gasteiger partial charge in [0.1, 0.15) is 22.5 Å². The highest BCUT2D eigenvalue weighted by Crippen LogP contribution is 2.33. The van der Waals surface area contributed by atoms with Gasteiger partial charge in [0.05, 0.1) is 0 Å². The molecule has 4 nitrogen and oxygen atoms in total. The summed E-state index contributed by atoms with van der Waals surface area (Å²) in [4.78, 5) is 0. The van der Waals surface area contributed by atoms with Gasteiger partial charge in [-0.1, -0.05) is 102 Å². The Bertz CT molecular complexity index is 578. The van der Waals surface area contributed by atoms with E-state index in [1.54, 1.807) is 0 Å². The summed E-state index contributed by atoms with van der Waals surface area (Å²) in [7, 11) is 0. The van der Waals surface area contributed by atoms with Crippen LogP contribution in [0.5, 0.6) is 11.5 Å². The van der Waals surface area contributed by atoms with Gasteiger partial charge in [-0.2, -0.15) is 0 Å². The van der Waals surface area contributed by atoms with E-state index in [1.807, 2.05) is 18.2 Å². The van der Waals surface area contributed by atoms with Crippen LogP contribution in [0.1, 0.15) is 111 Å². The minimum Gasteiger partial charge on any atom is -0.616 e. The maximum absolute atomic E-state index is 12.3. The van der Waals surface area contributed by atoms with E-state index in [4.69, 9.17) is 9.47 Å². The first-order chi connectivity index (χ1) is 16.4. The normalized spacial score (nSPS) is 13.6. The fourth-order valence-corrected chi connectivity index (χ4v) is 5.66. The summed E-state index contributed by atoms with van der Waals surface area (Å²) in [6, 6.07) is 6.01. The van der Waals surface area contributed by atoms with Gasteiger partial charge in [-0.05, 0) is 50.3 Å². The highest BCUT2D eigenvalue weighted by Gasteiger charge is 2.19. The Balaban J connectivity index is 0.000000754. The molecule has 0 aliphatic carbocycles. The van der Waals surface area contributed by atoms with E-state index in [1.165, 1.54) is 50.5 Å². The van der Waals surface area contributed by atoms with E-state index >= 15 is 0 Å². The molecule has 6 heteroatoms. The number of rotatable bonds is 15. The minimum absolute atomic E-state index is 0.191. The molecule has 0 N–H and O–H groups in total. The van der Waals surface area contributed by atoms with Crippen molar-refractivity contribution in [2.75, 3.05) is 24.1 Å². The van der Waals surface area contributed by atoms with Gasteiger partial charge >= 0.3 is 0 Å². The van der Waals surface area contributed by atoms with Crippen molar-refractivity contribution < 1.29 is 18.6 Å². The number of hydrogen-bond donors (Lipinski definition) is 0. The van der Waals surface area contributed by atoms with Crippen LogP contribution in [-0.4, -0.2) is 38.4 Å². The van der Waals surface area contributed by atoms with Crippen LogP contribution in [0.15, 0.2) is 18.2 Å². The van der Waals surface area contributed by atoms with Crippen molar-refractivity contribution in [2.45, 2.75) is 117 Å². The van der Waals surface area contributed by atoms with Gasteiger partial charge in [-0.15, -0.1) is 0 Å². The van der Waals surface area contributed by atoms with Crippen molar-refractivity contribution >= 4 is 22.4 Å². The first-order valence-corrected chi connectivity index (χ1v) is 16.4. The van der Waals surface area contributed by atoms with E-state index in [-0.39, 0.29) is 5.25 Å². The summed E-state index contributed by atoms with van der Waals surface area (Å²) in [5.74, 6) is 4.22. The van der Waals surface area contributed by atoms with Gasteiger partial charge in [-0.3, -0.25) is 0 Å². The van der Waals surface area contributed by atoms with Crippen LogP contribution in [0.2, 0.25) is 0 Å². The molecule has 0 bridgehead atoms. The fourth-order valence-electron chi connectivity index (χ4n) is 3.28. The predicted molar refractivity (Wildman–Crippen MR) is 151 cm³/mol. The van der Waals surface area contributed by atoms with Crippen LogP contribution >= 0.6 is 0 Å². The average Bonchev–Trinajstić information content (AvgIpc) is 3.30. The van der Waals surface area contributed by atoms with Crippen LogP contribution < -0.4 is 9.47 Å². The lowest BCUT2D eigenvalue weighted by Gasteiger charge is -2.18. The number of benzene rings is 1. The standard InChI is InChI=1S/C18H28O3S.C6H14OS.C4H10/c1-3-4-5-6-7-8-11-22(19)15(2)12-16-9-10-17-18(13-16)21-14-20-17;1-3-5-8(7)6-4-2;1-3-4-2/h9-10,13,15H,3-8,11-12,14H2,1-2H3;3-6H2,1-2H3;3-4H2,1-2H3. The predicted octanol–water partition coefficient (Wildman–Crippen LogP) is 7.82. The molecule has 0 amide bonds. The highest BCUT2D eigenvalue weighted by molar-refractivity contribution is 7.92. The zero-order chi connectivity index (χ0) is 25.6. The van der Waals surface area contributed by atoms with Crippen LogP contribution in [0.3, 0.4) is 0 Å². The van der Waals surface area contributed by atoms with Gasteiger partial charge in [0.15, 0.2) is 11.5 Å². The molecule has 1 aromatic rings. The van der Waals surface area contributed by atoms with Crippen LogP contribution in [0.4, 0.5) is 0 Å². The topological polar surface area (TPSA) is 64.6 Å². The van der Waals surface area contributed by atoms with Crippen LogP contribution in [-0.2, 0) is 28.8 Å². The molecule has 0 spiro atoms. The molecule has 0 radical (unpaired) electrons. The smallest absolute Gasteiger partial charge is 0.231 e. The zero-order valence-electron chi connectivity index (χ0n) is 22.9. The van der Waals surface area contributed by atoms with Crippen LogP contribution in [0, 0.1) is 0 Å². The van der Waals surface area contributed by atoms with Gasteiger partial charge in [-0.25, -0.2) is 0 Å². The summed E-state index contributed by atoms with van der Waals surface area (Å²) >= 11 is -1.26. The first-order valence-electron chi connectivity index (χ1n) is 13.5. The molecule has 0 aromatic heterocycles. The van der Waals surface area contributed by atoms with Crippen molar-refractivity contribution in [3.05, 3.63) is 23.8 Å².